The molecule has 0 radical (unpaired) electrons. The molecule has 1 aromatic rings. The van der Waals surface area contributed by atoms with E-state index < -0.39 is 36.0 Å². The third kappa shape index (κ3) is 2.82. The maximum atomic E-state index is 13.6. The van der Waals surface area contributed by atoms with Crippen LogP contribution in [0.2, 0.25) is 0 Å². The lowest BCUT2D eigenvalue weighted by Crippen LogP contribution is -2.49. The van der Waals surface area contributed by atoms with Gasteiger partial charge in [-0.1, -0.05) is 6.07 Å². The number of alkyl halides is 3. The van der Waals surface area contributed by atoms with E-state index in [0.29, 0.717) is 0 Å². The zero-order valence-electron chi connectivity index (χ0n) is 12.2. The van der Waals surface area contributed by atoms with E-state index in [0.717, 1.165) is 11.0 Å². The number of aliphatic hydroxyl groups is 1. The van der Waals surface area contributed by atoms with Gasteiger partial charge in [0.15, 0.2) is 0 Å². The van der Waals surface area contributed by atoms with E-state index in [9.17, 15) is 22.4 Å². The Morgan fingerprint density at radius 2 is 2.05 bits per heavy atom. The fourth-order valence-corrected chi connectivity index (χ4v) is 2.98. The second-order valence-electron chi connectivity index (χ2n) is 5.96. The van der Waals surface area contributed by atoms with E-state index >= 15 is 0 Å². The van der Waals surface area contributed by atoms with Gasteiger partial charge in [-0.05, 0) is 32.4 Å². The second kappa shape index (κ2) is 5.53. The van der Waals surface area contributed by atoms with Crippen molar-refractivity contribution in [3.63, 3.8) is 0 Å². The zero-order chi connectivity index (χ0) is 16.7. The van der Waals surface area contributed by atoms with Crippen molar-refractivity contribution in [2.75, 3.05) is 6.54 Å². The molecule has 1 aliphatic rings. The lowest BCUT2D eigenvalue weighted by atomic mass is 9.87. The van der Waals surface area contributed by atoms with E-state index in [2.05, 4.69) is 0 Å². The molecule has 1 aliphatic heterocycles. The first-order valence-electron chi connectivity index (χ1n) is 6.87. The van der Waals surface area contributed by atoms with Crippen LogP contribution in [0.3, 0.4) is 0 Å². The van der Waals surface area contributed by atoms with E-state index in [1.807, 2.05) is 0 Å². The molecule has 0 aliphatic carbocycles. The smallest absolute Gasteiger partial charge is 0.392 e. The van der Waals surface area contributed by atoms with Crippen LogP contribution in [0.5, 0.6) is 0 Å². The molecule has 22 heavy (non-hydrogen) atoms. The molecular weight excluding hydrogens is 302 g/mol. The van der Waals surface area contributed by atoms with Crippen LogP contribution < -0.4 is 0 Å². The van der Waals surface area contributed by atoms with Crippen LogP contribution in [0.4, 0.5) is 17.6 Å². The number of carbonyl (C=O) groups is 1. The van der Waals surface area contributed by atoms with Crippen LogP contribution in [0.1, 0.15) is 36.2 Å². The first-order valence-corrected chi connectivity index (χ1v) is 6.87. The summed E-state index contributed by atoms with van der Waals surface area (Å²) in [6.07, 6.45) is -4.55. The minimum atomic E-state index is -4.38. The van der Waals surface area contributed by atoms with Gasteiger partial charge >= 0.3 is 6.18 Å². The van der Waals surface area contributed by atoms with Crippen molar-refractivity contribution in [3.05, 3.63) is 35.1 Å². The lowest BCUT2D eigenvalue weighted by Gasteiger charge is -2.36. The molecule has 2 rings (SSSR count). The van der Waals surface area contributed by atoms with Gasteiger partial charge in [0.25, 0.3) is 5.91 Å². The SMILES string of the molecule is CC1(C)C(C(F)(F)F)CCN1C(=O)c1ccc(CO)c(F)c1. The highest BCUT2D eigenvalue weighted by Crippen LogP contribution is 2.45. The molecule has 0 bridgehead atoms. The number of benzene rings is 1. The molecule has 1 aromatic carbocycles. The Balaban J connectivity index is 2.29. The molecule has 1 amide bonds. The highest BCUT2D eigenvalue weighted by Gasteiger charge is 2.56. The Bertz CT molecular complexity index is 583. The number of rotatable bonds is 2. The van der Waals surface area contributed by atoms with Gasteiger partial charge in [-0.2, -0.15) is 13.2 Å². The minimum Gasteiger partial charge on any atom is -0.392 e. The van der Waals surface area contributed by atoms with Gasteiger partial charge in [0.2, 0.25) is 0 Å². The monoisotopic (exact) mass is 319 g/mol. The molecule has 0 spiro atoms. The van der Waals surface area contributed by atoms with Crippen molar-refractivity contribution in [3.8, 4) is 0 Å². The first kappa shape index (κ1) is 16.7. The summed E-state index contributed by atoms with van der Waals surface area (Å²) in [6.45, 7) is 2.20. The Kier molecular flexibility index (Phi) is 4.21. The van der Waals surface area contributed by atoms with Gasteiger partial charge in [-0.25, -0.2) is 4.39 Å². The summed E-state index contributed by atoms with van der Waals surface area (Å²) in [5.41, 5.74) is -1.38. The summed E-state index contributed by atoms with van der Waals surface area (Å²) in [5, 5.41) is 8.91. The molecule has 7 heteroatoms. The molecule has 1 heterocycles. The predicted octanol–water partition coefficient (Wildman–Crippen LogP) is 3.12. The number of nitrogens with zero attached hydrogens (tertiary/aromatic N) is 1. The Morgan fingerprint density at radius 1 is 1.41 bits per heavy atom. The van der Waals surface area contributed by atoms with Crippen molar-refractivity contribution in [1.29, 1.82) is 0 Å². The molecule has 3 nitrogen and oxygen atoms in total. The largest absolute Gasteiger partial charge is 0.394 e. The number of carbonyl (C=O) groups excluding carboxylic acids is 1. The first-order chi connectivity index (χ1) is 10.1. The normalized spacial score (nSPS) is 21.2. The number of hydrogen-bond donors (Lipinski definition) is 1. The molecule has 1 unspecified atom stereocenters. The fraction of sp³-hybridized carbons (Fsp3) is 0.533. The van der Waals surface area contributed by atoms with E-state index in [4.69, 9.17) is 5.11 Å². The molecular formula is C15H17F4NO2. The van der Waals surface area contributed by atoms with E-state index in [1.165, 1.54) is 26.0 Å². The van der Waals surface area contributed by atoms with Gasteiger partial charge in [-0.15, -0.1) is 0 Å². The van der Waals surface area contributed by atoms with Gasteiger partial charge < -0.3 is 10.0 Å². The van der Waals surface area contributed by atoms with Crippen molar-refractivity contribution >= 4 is 5.91 Å². The van der Waals surface area contributed by atoms with E-state index in [-0.39, 0.29) is 24.1 Å². The summed E-state index contributed by atoms with van der Waals surface area (Å²) in [6, 6.07) is 3.52. The van der Waals surface area contributed by atoms with Crippen LogP contribution in [0.25, 0.3) is 0 Å². The molecule has 0 aromatic heterocycles. The number of hydrogen-bond acceptors (Lipinski definition) is 2. The van der Waals surface area contributed by atoms with E-state index in [1.54, 1.807) is 0 Å². The summed E-state index contributed by atoms with van der Waals surface area (Å²) < 4.78 is 52.7. The quantitative estimate of drug-likeness (QED) is 0.851. The van der Waals surface area contributed by atoms with Crippen LogP contribution in [0.15, 0.2) is 18.2 Å². The number of amides is 1. The average molecular weight is 319 g/mol. The number of halogens is 4. The third-order valence-electron chi connectivity index (χ3n) is 4.30. The lowest BCUT2D eigenvalue weighted by molar-refractivity contribution is -0.189. The highest BCUT2D eigenvalue weighted by molar-refractivity contribution is 5.95. The van der Waals surface area contributed by atoms with Crippen molar-refractivity contribution in [2.24, 2.45) is 5.92 Å². The molecule has 122 valence electrons. The van der Waals surface area contributed by atoms with Crippen LogP contribution in [0, 0.1) is 11.7 Å². The third-order valence-corrected chi connectivity index (χ3v) is 4.30. The topological polar surface area (TPSA) is 40.5 Å². The van der Waals surface area contributed by atoms with Crippen LogP contribution in [-0.2, 0) is 6.61 Å². The van der Waals surface area contributed by atoms with Gasteiger partial charge in [0, 0.05) is 23.2 Å². The summed E-state index contributed by atoms with van der Waals surface area (Å²) in [7, 11) is 0. The van der Waals surface area contributed by atoms with Gasteiger partial charge in [0.05, 0.1) is 12.5 Å². The Morgan fingerprint density at radius 3 is 2.50 bits per heavy atom. The van der Waals surface area contributed by atoms with Crippen molar-refractivity contribution in [1.82, 2.24) is 4.90 Å². The summed E-state index contributed by atoms with van der Waals surface area (Å²) in [5.74, 6) is -3.00. The van der Waals surface area contributed by atoms with Crippen molar-refractivity contribution < 1.29 is 27.5 Å². The standard InChI is InChI=1S/C15H17F4NO2/c1-14(2)12(15(17,18)19)5-6-20(14)13(22)9-3-4-10(8-21)11(16)7-9/h3-4,7,12,21H,5-6,8H2,1-2H3. The molecule has 0 saturated carbocycles. The molecule has 1 saturated heterocycles. The Hall–Kier alpha value is -1.63. The Labute approximate surface area is 125 Å². The van der Waals surface area contributed by atoms with Crippen LogP contribution in [-0.4, -0.2) is 34.2 Å². The maximum absolute atomic E-state index is 13.6. The molecule has 1 atom stereocenters. The molecule has 1 N–H and O–H groups in total. The highest BCUT2D eigenvalue weighted by atomic mass is 19.4. The molecule has 1 fully saturated rings. The average Bonchev–Trinajstić information content (AvgIpc) is 2.72. The minimum absolute atomic E-state index is 0.0226. The number of aliphatic hydroxyl groups excluding tert-OH is 1. The maximum Gasteiger partial charge on any atom is 0.394 e. The summed E-state index contributed by atoms with van der Waals surface area (Å²) >= 11 is 0. The second-order valence-corrected chi connectivity index (χ2v) is 5.96. The zero-order valence-corrected chi connectivity index (χ0v) is 12.2. The van der Waals surface area contributed by atoms with Crippen molar-refractivity contribution in [2.45, 2.75) is 38.6 Å². The van der Waals surface area contributed by atoms with Gasteiger partial charge in [-0.3, -0.25) is 4.79 Å². The van der Waals surface area contributed by atoms with Crippen LogP contribution >= 0.6 is 0 Å². The number of likely N-dealkylation sites (tertiary alicyclic amines) is 1. The summed E-state index contributed by atoms with van der Waals surface area (Å²) in [4.78, 5) is 13.6. The van der Waals surface area contributed by atoms with Gasteiger partial charge in [0.1, 0.15) is 5.82 Å². The predicted molar refractivity (Wildman–Crippen MR) is 71.6 cm³/mol. The fourth-order valence-electron chi connectivity index (χ4n) is 2.98.